The van der Waals surface area contributed by atoms with E-state index < -0.39 is 0 Å². The van der Waals surface area contributed by atoms with Crippen LogP contribution in [0.2, 0.25) is 0 Å². The monoisotopic (exact) mass is 106 g/mol. The molecule has 0 unspecified atom stereocenters. The predicted octanol–water partition coefficient (Wildman–Crippen LogP) is 2.12. The minimum atomic E-state index is 0.583. The van der Waals surface area contributed by atoms with Gasteiger partial charge >= 0.3 is 0 Å². The lowest BCUT2D eigenvalue weighted by molar-refractivity contribution is 1.07. The van der Waals surface area contributed by atoms with E-state index in [1.54, 1.807) is 0 Å². The Balaban J connectivity index is 2.38. The minimum absolute atomic E-state index is 0.583. The van der Waals surface area contributed by atoms with Crippen molar-refractivity contribution in [3.63, 3.8) is 0 Å². The van der Waals surface area contributed by atoms with Crippen molar-refractivity contribution in [3.8, 4) is 0 Å². The maximum Gasteiger partial charge on any atom is 0.0762 e. The minimum Gasteiger partial charge on any atom is -0.0745 e. The van der Waals surface area contributed by atoms with Crippen LogP contribution in [0.15, 0.2) is 0 Å². The molecule has 5 heavy (non-hydrogen) atoms. The quantitative estimate of drug-likeness (QED) is 0.342. The third-order valence-electron chi connectivity index (χ3n) is 0.417. The van der Waals surface area contributed by atoms with Crippen LogP contribution in [0.25, 0.3) is 0 Å². The van der Waals surface area contributed by atoms with Gasteiger partial charge in [0.25, 0.3) is 0 Å². The van der Waals surface area contributed by atoms with Crippen LogP contribution in [-0.4, -0.2) is 4.08 Å². The van der Waals surface area contributed by atoms with Gasteiger partial charge in [-0.2, -0.15) is 0 Å². The Kier molecular flexibility index (Phi) is 0.659. The van der Waals surface area contributed by atoms with Gasteiger partial charge in [-0.05, 0) is 13.8 Å². The van der Waals surface area contributed by atoms with Crippen LogP contribution in [0.4, 0.5) is 0 Å². The fraction of sp³-hybridized carbons (Fsp3) is 1.00. The highest BCUT2D eigenvalue weighted by Crippen LogP contribution is 2.63. The molecule has 1 saturated heterocycles. The zero-order valence-corrected chi connectivity index (χ0v) is 4.95. The molecule has 0 nitrogen and oxygen atoms in total. The molecule has 0 aromatic carbocycles. The molecule has 0 amide bonds. The Morgan fingerprint density at radius 2 is 1.40 bits per heavy atom. The van der Waals surface area contributed by atoms with E-state index in [1.165, 1.54) is 0 Å². The van der Waals surface area contributed by atoms with Crippen molar-refractivity contribution in [1.29, 1.82) is 0 Å². The molecule has 1 aliphatic heterocycles. The van der Waals surface area contributed by atoms with Crippen LogP contribution >= 0.6 is 21.6 Å². The SMILES string of the molecule is CC1(C)SS1. The van der Waals surface area contributed by atoms with Crippen molar-refractivity contribution in [3.05, 3.63) is 0 Å². The zero-order chi connectivity index (χ0) is 3.91. The van der Waals surface area contributed by atoms with Crippen LogP contribution in [0.3, 0.4) is 0 Å². The van der Waals surface area contributed by atoms with E-state index in [9.17, 15) is 0 Å². The largest absolute Gasteiger partial charge is 0.0762 e. The highest BCUT2D eigenvalue weighted by molar-refractivity contribution is 8.93. The van der Waals surface area contributed by atoms with Gasteiger partial charge in [-0.1, -0.05) is 21.6 Å². The normalized spacial score (nSPS) is 30.0. The molecule has 0 N–H and O–H groups in total. The summed E-state index contributed by atoms with van der Waals surface area (Å²) in [4.78, 5) is 0. The standard InChI is InChI=1S/C3H6S2/c1-3(2)4-5-3/h1-2H3. The first-order valence-electron chi connectivity index (χ1n) is 1.57. The second-order valence-corrected chi connectivity index (χ2v) is 5.20. The summed E-state index contributed by atoms with van der Waals surface area (Å²) in [5.74, 6) is 0. The van der Waals surface area contributed by atoms with Crippen molar-refractivity contribution >= 4 is 21.6 Å². The summed E-state index contributed by atoms with van der Waals surface area (Å²) in [6.45, 7) is 4.45. The number of rotatable bonds is 0. The molecule has 0 aromatic heterocycles. The third-order valence-corrected chi connectivity index (χ3v) is 3.75. The topological polar surface area (TPSA) is 0 Å². The summed E-state index contributed by atoms with van der Waals surface area (Å²) in [5.41, 5.74) is 0. The van der Waals surface area contributed by atoms with Gasteiger partial charge in [-0.25, -0.2) is 0 Å². The molecular formula is C3H6S2. The second-order valence-electron chi connectivity index (χ2n) is 1.57. The zero-order valence-electron chi connectivity index (χ0n) is 3.32. The maximum atomic E-state index is 2.22. The first-order chi connectivity index (χ1) is 2.21. The van der Waals surface area contributed by atoms with Gasteiger partial charge in [-0.3, -0.25) is 0 Å². The summed E-state index contributed by atoms with van der Waals surface area (Å²) < 4.78 is 0.583. The lowest BCUT2D eigenvalue weighted by atomic mass is 10.6. The molecule has 1 fully saturated rings. The van der Waals surface area contributed by atoms with E-state index in [0.717, 1.165) is 0 Å². The van der Waals surface area contributed by atoms with Crippen LogP contribution < -0.4 is 0 Å². The molecule has 0 aromatic rings. The van der Waals surface area contributed by atoms with Crippen LogP contribution in [0.5, 0.6) is 0 Å². The van der Waals surface area contributed by atoms with E-state index in [1.807, 2.05) is 21.6 Å². The molecule has 2 heteroatoms. The van der Waals surface area contributed by atoms with E-state index in [-0.39, 0.29) is 0 Å². The fourth-order valence-corrected chi connectivity index (χ4v) is 0.750. The molecule has 0 bridgehead atoms. The molecule has 1 rings (SSSR count). The molecule has 1 aliphatic rings. The molecule has 0 atom stereocenters. The highest BCUT2D eigenvalue weighted by Gasteiger charge is 2.34. The Labute approximate surface area is 40.1 Å². The number of hydrogen-bond acceptors (Lipinski definition) is 2. The summed E-state index contributed by atoms with van der Waals surface area (Å²) in [7, 11) is 3.88. The van der Waals surface area contributed by atoms with Gasteiger partial charge in [-0.15, -0.1) is 0 Å². The van der Waals surface area contributed by atoms with Crippen molar-refractivity contribution < 1.29 is 0 Å². The molecule has 0 radical (unpaired) electrons. The Morgan fingerprint density at radius 3 is 1.40 bits per heavy atom. The lowest BCUT2D eigenvalue weighted by Gasteiger charge is -1.80. The van der Waals surface area contributed by atoms with Gasteiger partial charge in [0.05, 0.1) is 4.08 Å². The van der Waals surface area contributed by atoms with Gasteiger partial charge in [0.1, 0.15) is 0 Å². The van der Waals surface area contributed by atoms with Crippen molar-refractivity contribution in [1.82, 2.24) is 0 Å². The molecule has 30 valence electrons. The Morgan fingerprint density at radius 1 is 1.20 bits per heavy atom. The van der Waals surface area contributed by atoms with E-state index in [2.05, 4.69) is 13.8 Å². The van der Waals surface area contributed by atoms with Gasteiger partial charge < -0.3 is 0 Å². The van der Waals surface area contributed by atoms with Crippen molar-refractivity contribution in [2.45, 2.75) is 17.9 Å². The maximum absolute atomic E-state index is 2.22. The summed E-state index contributed by atoms with van der Waals surface area (Å²) >= 11 is 0. The number of hydrogen-bond donors (Lipinski definition) is 0. The van der Waals surface area contributed by atoms with E-state index >= 15 is 0 Å². The third kappa shape index (κ3) is 1.05. The Bertz CT molecular complexity index is 42.9. The molecule has 0 saturated carbocycles. The smallest absolute Gasteiger partial charge is 0.0745 e. The van der Waals surface area contributed by atoms with Gasteiger partial charge in [0, 0.05) is 0 Å². The summed E-state index contributed by atoms with van der Waals surface area (Å²) in [6, 6.07) is 0. The van der Waals surface area contributed by atoms with Crippen LogP contribution in [0, 0.1) is 0 Å². The first kappa shape index (κ1) is 3.88. The molecule has 1 heterocycles. The van der Waals surface area contributed by atoms with Gasteiger partial charge in [0.2, 0.25) is 0 Å². The first-order valence-corrected chi connectivity index (χ1v) is 3.72. The van der Waals surface area contributed by atoms with Crippen molar-refractivity contribution in [2.75, 3.05) is 0 Å². The second kappa shape index (κ2) is 0.850. The van der Waals surface area contributed by atoms with Crippen LogP contribution in [-0.2, 0) is 0 Å². The average molecular weight is 106 g/mol. The van der Waals surface area contributed by atoms with E-state index in [4.69, 9.17) is 0 Å². The fourth-order valence-electron chi connectivity index (χ4n) is 0.0833. The molecule has 0 aliphatic carbocycles. The summed E-state index contributed by atoms with van der Waals surface area (Å²) in [5, 5.41) is 0. The molecular weight excluding hydrogens is 100 g/mol. The van der Waals surface area contributed by atoms with Gasteiger partial charge in [0.15, 0.2) is 0 Å². The van der Waals surface area contributed by atoms with Crippen LogP contribution in [0.1, 0.15) is 13.8 Å². The highest BCUT2D eigenvalue weighted by atomic mass is 33.2. The molecule has 0 spiro atoms. The van der Waals surface area contributed by atoms with E-state index in [0.29, 0.717) is 4.08 Å². The predicted molar refractivity (Wildman–Crippen MR) is 29.3 cm³/mol. The Hall–Kier alpha value is 0.700. The average Bonchev–Trinajstić information content (AvgIpc) is 1.76. The lowest BCUT2D eigenvalue weighted by Crippen LogP contribution is -1.81. The van der Waals surface area contributed by atoms with Crippen molar-refractivity contribution in [2.24, 2.45) is 0 Å². The summed E-state index contributed by atoms with van der Waals surface area (Å²) in [6.07, 6.45) is 0.